The fourth-order valence-corrected chi connectivity index (χ4v) is 2.23. The zero-order valence-electron chi connectivity index (χ0n) is 11.1. The number of carbonyl (C=O) groups excluding carboxylic acids is 2. The molecule has 4 nitrogen and oxygen atoms in total. The van der Waals surface area contributed by atoms with Crippen molar-refractivity contribution < 1.29 is 14.3 Å². The molecule has 17 heavy (non-hydrogen) atoms. The normalized spacial score (nSPS) is 20.1. The Bertz CT molecular complexity index is 274. The highest BCUT2D eigenvalue weighted by Gasteiger charge is 2.35. The number of likely N-dealkylation sites (tertiary alicyclic amines) is 1. The highest BCUT2D eigenvalue weighted by molar-refractivity contribution is 5.86. The molecule has 0 radical (unpaired) electrons. The lowest BCUT2D eigenvalue weighted by Gasteiger charge is -2.22. The van der Waals surface area contributed by atoms with Gasteiger partial charge in [-0.1, -0.05) is 26.7 Å². The molecule has 0 aliphatic carbocycles. The lowest BCUT2D eigenvalue weighted by atomic mass is 10.0. The van der Waals surface area contributed by atoms with Crippen molar-refractivity contribution >= 4 is 11.9 Å². The van der Waals surface area contributed by atoms with Gasteiger partial charge < -0.3 is 9.64 Å². The summed E-state index contributed by atoms with van der Waals surface area (Å²) in [6.45, 7) is 7.76. The first kappa shape index (κ1) is 14.0. The van der Waals surface area contributed by atoms with Crippen molar-refractivity contribution in [3.63, 3.8) is 0 Å². The van der Waals surface area contributed by atoms with Gasteiger partial charge in [-0.3, -0.25) is 9.59 Å². The molecule has 0 aromatic carbocycles. The van der Waals surface area contributed by atoms with E-state index in [-0.39, 0.29) is 17.8 Å². The number of rotatable bonds is 6. The first-order valence-corrected chi connectivity index (χ1v) is 6.56. The smallest absolute Gasteiger partial charge is 0.311 e. The molecule has 0 aromatic heterocycles. The monoisotopic (exact) mass is 241 g/mol. The number of hydrogen-bond acceptors (Lipinski definition) is 3. The maximum absolute atomic E-state index is 11.8. The van der Waals surface area contributed by atoms with Crippen LogP contribution in [0.1, 0.15) is 40.0 Å². The van der Waals surface area contributed by atoms with Crippen LogP contribution < -0.4 is 0 Å². The van der Waals surface area contributed by atoms with E-state index >= 15 is 0 Å². The molecular weight excluding hydrogens is 218 g/mol. The number of carbonyl (C=O) groups is 2. The van der Waals surface area contributed by atoms with Crippen LogP contribution in [0.25, 0.3) is 0 Å². The van der Waals surface area contributed by atoms with Crippen molar-refractivity contribution in [2.75, 3.05) is 19.7 Å². The van der Waals surface area contributed by atoms with E-state index in [1.165, 1.54) is 0 Å². The van der Waals surface area contributed by atoms with E-state index in [0.29, 0.717) is 25.5 Å². The van der Waals surface area contributed by atoms with Crippen molar-refractivity contribution in [3.8, 4) is 0 Å². The molecule has 98 valence electrons. The molecule has 0 N–H and O–H groups in total. The van der Waals surface area contributed by atoms with Gasteiger partial charge in [-0.25, -0.2) is 0 Å². The Labute approximate surface area is 103 Å². The largest absolute Gasteiger partial charge is 0.466 e. The molecule has 1 rings (SSSR count). The maximum atomic E-state index is 11.8. The third kappa shape index (κ3) is 3.72. The van der Waals surface area contributed by atoms with Gasteiger partial charge in [0.15, 0.2) is 0 Å². The van der Waals surface area contributed by atoms with Crippen LogP contribution in [-0.2, 0) is 14.3 Å². The molecule has 1 saturated heterocycles. The Balaban J connectivity index is 2.49. The summed E-state index contributed by atoms with van der Waals surface area (Å²) in [6, 6.07) is 0. The zero-order chi connectivity index (χ0) is 12.8. The van der Waals surface area contributed by atoms with Gasteiger partial charge in [-0.15, -0.1) is 0 Å². The second-order valence-electron chi connectivity index (χ2n) is 4.63. The number of nitrogens with zero attached hydrogens (tertiary/aromatic N) is 1. The Morgan fingerprint density at radius 1 is 1.41 bits per heavy atom. The van der Waals surface area contributed by atoms with Crippen molar-refractivity contribution in [1.29, 1.82) is 0 Å². The first-order chi connectivity index (χ1) is 8.12. The maximum Gasteiger partial charge on any atom is 0.311 e. The van der Waals surface area contributed by atoms with Gasteiger partial charge in [-0.05, 0) is 12.8 Å². The van der Waals surface area contributed by atoms with E-state index in [9.17, 15) is 9.59 Å². The molecule has 0 aromatic rings. The third-order valence-electron chi connectivity index (χ3n) is 3.47. The molecule has 1 amide bonds. The Morgan fingerprint density at radius 3 is 2.59 bits per heavy atom. The summed E-state index contributed by atoms with van der Waals surface area (Å²) in [4.78, 5) is 25.2. The van der Waals surface area contributed by atoms with Crippen LogP contribution in [0.15, 0.2) is 0 Å². The van der Waals surface area contributed by atoms with E-state index in [1.807, 2.05) is 4.90 Å². The SMILES string of the molecule is CCOC(=O)C1CC(=O)N(CC(CC)CC)C1. The number of ether oxygens (including phenoxy) is 1. The minimum atomic E-state index is -0.253. The summed E-state index contributed by atoms with van der Waals surface area (Å²) < 4.78 is 4.96. The van der Waals surface area contributed by atoms with E-state index in [1.54, 1.807) is 6.92 Å². The van der Waals surface area contributed by atoms with E-state index in [2.05, 4.69) is 13.8 Å². The lowest BCUT2D eigenvalue weighted by Crippen LogP contribution is -2.31. The molecule has 1 aliphatic rings. The highest BCUT2D eigenvalue weighted by Crippen LogP contribution is 2.22. The van der Waals surface area contributed by atoms with Gasteiger partial charge in [0.25, 0.3) is 0 Å². The van der Waals surface area contributed by atoms with Crippen molar-refractivity contribution in [3.05, 3.63) is 0 Å². The van der Waals surface area contributed by atoms with Gasteiger partial charge in [-0.2, -0.15) is 0 Å². The van der Waals surface area contributed by atoms with Crippen molar-refractivity contribution in [1.82, 2.24) is 4.90 Å². The summed E-state index contributed by atoms with van der Waals surface area (Å²) in [5, 5.41) is 0. The van der Waals surface area contributed by atoms with Gasteiger partial charge in [0.05, 0.1) is 12.5 Å². The summed E-state index contributed by atoms with van der Waals surface area (Å²) in [5.41, 5.74) is 0. The summed E-state index contributed by atoms with van der Waals surface area (Å²) in [7, 11) is 0. The zero-order valence-corrected chi connectivity index (χ0v) is 11.1. The topological polar surface area (TPSA) is 46.6 Å². The Hall–Kier alpha value is -1.06. The summed E-state index contributed by atoms with van der Waals surface area (Å²) in [5.74, 6) is 0.152. The van der Waals surface area contributed by atoms with E-state index in [4.69, 9.17) is 4.74 Å². The third-order valence-corrected chi connectivity index (χ3v) is 3.47. The fraction of sp³-hybridized carbons (Fsp3) is 0.846. The first-order valence-electron chi connectivity index (χ1n) is 6.56. The van der Waals surface area contributed by atoms with Crippen molar-refractivity contribution in [2.24, 2.45) is 11.8 Å². The van der Waals surface area contributed by atoms with Gasteiger partial charge in [0.1, 0.15) is 0 Å². The minimum absolute atomic E-state index is 0.0925. The molecule has 0 bridgehead atoms. The van der Waals surface area contributed by atoms with Crippen LogP contribution in [0.5, 0.6) is 0 Å². The van der Waals surface area contributed by atoms with Crippen LogP contribution in [0.4, 0.5) is 0 Å². The predicted octanol–water partition coefficient (Wildman–Crippen LogP) is 1.83. The van der Waals surface area contributed by atoms with Crippen LogP contribution in [0, 0.1) is 11.8 Å². The predicted molar refractivity (Wildman–Crippen MR) is 65.4 cm³/mol. The van der Waals surface area contributed by atoms with Crippen LogP contribution in [0.3, 0.4) is 0 Å². The van der Waals surface area contributed by atoms with Gasteiger partial charge in [0, 0.05) is 19.5 Å². The summed E-state index contributed by atoms with van der Waals surface area (Å²) in [6.07, 6.45) is 2.47. The second-order valence-corrected chi connectivity index (χ2v) is 4.63. The van der Waals surface area contributed by atoms with Crippen molar-refractivity contribution in [2.45, 2.75) is 40.0 Å². The molecule has 0 saturated carbocycles. The Morgan fingerprint density at radius 2 is 2.06 bits per heavy atom. The molecule has 0 spiro atoms. The van der Waals surface area contributed by atoms with Crippen LogP contribution in [-0.4, -0.2) is 36.5 Å². The molecule has 1 aliphatic heterocycles. The molecule has 1 unspecified atom stereocenters. The Kier molecular flexibility index (Phi) is 5.45. The summed E-state index contributed by atoms with van der Waals surface area (Å²) >= 11 is 0. The van der Waals surface area contributed by atoms with Gasteiger partial charge in [0.2, 0.25) is 5.91 Å². The lowest BCUT2D eigenvalue weighted by molar-refractivity contribution is -0.147. The molecular formula is C13H23NO3. The minimum Gasteiger partial charge on any atom is -0.466 e. The van der Waals surface area contributed by atoms with E-state index in [0.717, 1.165) is 19.4 Å². The fourth-order valence-electron chi connectivity index (χ4n) is 2.23. The standard InChI is InChI=1S/C13H23NO3/c1-4-10(5-2)8-14-9-11(7-12(14)15)13(16)17-6-3/h10-11H,4-9H2,1-3H3. The molecule has 1 atom stereocenters. The van der Waals surface area contributed by atoms with Gasteiger partial charge >= 0.3 is 5.97 Å². The average Bonchev–Trinajstić information content (AvgIpc) is 2.68. The number of amides is 1. The molecule has 4 heteroatoms. The molecule has 1 heterocycles. The number of hydrogen-bond donors (Lipinski definition) is 0. The molecule has 1 fully saturated rings. The number of esters is 1. The van der Waals surface area contributed by atoms with Crippen LogP contribution in [0.2, 0.25) is 0 Å². The highest BCUT2D eigenvalue weighted by atomic mass is 16.5. The quantitative estimate of drug-likeness (QED) is 0.667. The van der Waals surface area contributed by atoms with Crippen LogP contribution >= 0.6 is 0 Å². The second kappa shape index (κ2) is 6.62. The average molecular weight is 241 g/mol. The van der Waals surface area contributed by atoms with E-state index < -0.39 is 0 Å².